The lowest BCUT2D eigenvalue weighted by atomic mass is 9.95. The van der Waals surface area contributed by atoms with Crippen molar-refractivity contribution in [2.24, 2.45) is 5.73 Å². The third kappa shape index (κ3) is 2.84. The van der Waals surface area contributed by atoms with E-state index in [1.165, 1.54) is 18.2 Å². The van der Waals surface area contributed by atoms with Gasteiger partial charge in [0.2, 0.25) is 0 Å². The Morgan fingerprint density at radius 2 is 2.20 bits per heavy atom. The lowest BCUT2D eigenvalue weighted by Gasteiger charge is -2.23. The average molecular weight is 336 g/mol. The van der Waals surface area contributed by atoms with Gasteiger partial charge in [-0.1, -0.05) is 0 Å². The first kappa shape index (κ1) is 15.6. The minimum absolute atomic E-state index is 0.150. The van der Waals surface area contributed by atoms with E-state index in [4.69, 9.17) is 10.7 Å². The summed E-state index contributed by atoms with van der Waals surface area (Å²) in [6.07, 6.45) is 8.44. The van der Waals surface area contributed by atoms with Gasteiger partial charge in [-0.2, -0.15) is 10.4 Å². The monoisotopic (exact) mass is 336 g/mol. The molecule has 1 amide bonds. The highest BCUT2D eigenvalue weighted by atomic mass is 16.1. The predicted molar refractivity (Wildman–Crippen MR) is 92.2 cm³/mol. The normalized spacial score (nSPS) is 19.5. The third-order valence-corrected chi connectivity index (χ3v) is 5.12. The summed E-state index contributed by atoms with van der Waals surface area (Å²) in [5, 5.41) is 13.8. The van der Waals surface area contributed by atoms with Gasteiger partial charge in [0.15, 0.2) is 0 Å². The largest absolute Gasteiger partial charge is 0.366 e. The number of hydrogen-bond donors (Lipinski definition) is 1. The Bertz CT molecular complexity index is 865. The van der Waals surface area contributed by atoms with E-state index >= 15 is 0 Å². The molecule has 2 aliphatic rings. The number of rotatable bonds is 3. The number of aromatic nitrogens is 3. The Morgan fingerprint density at radius 3 is 2.96 bits per heavy atom. The quantitative estimate of drug-likeness (QED) is 0.917. The number of anilines is 1. The fraction of sp³-hybridized carbons (Fsp3) is 0.444. The summed E-state index contributed by atoms with van der Waals surface area (Å²) in [5.74, 6) is 0.317. The maximum Gasteiger partial charge on any atom is 0.251 e. The topological polar surface area (TPSA) is 101 Å². The zero-order valence-electron chi connectivity index (χ0n) is 14.0. The van der Waals surface area contributed by atoms with Gasteiger partial charge in [-0.05, 0) is 43.7 Å². The van der Waals surface area contributed by atoms with E-state index in [0.29, 0.717) is 11.1 Å². The zero-order chi connectivity index (χ0) is 17.4. The van der Waals surface area contributed by atoms with Crippen LogP contribution in [0.3, 0.4) is 0 Å². The summed E-state index contributed by atoms with van der Waals surface area (Å²) in [7, 11) is 0. The molecule has 1 unspecified atom stereocenters. The molecular formula is C18H20N6O. The van der Waals surface area contributed by atoms with Gasteiger partial charge < -0.3 is 10.6 Å². The van der Waals surface area contributed by atoms with Gasteiger partial charge in [-0.15, -0.1) is 0 Å². The van der Waals surface area contributed by atoms with E-state index in [2.05, 4.69) is 16.1 Å². The molecule has 0 bridgehead atoms. The van der Waals surface area contributed by atoms with Crippen LogP contribution in [0, 0.1) is 11.3 Å². The molecule has 0 aromatic carbocycles. The van der Waals surface area contributed by atoms with Crippen LogP contribution in [0.4, 0.5) is 5.82 Å². The standard InChI is InChI=1S/C18H20N6O/c19-8-13-7-12-3-1-2-4-16(12)22-18(13)23-6-5-15(11-23)24-10-14(9-21-24)17(20)25/h7,9-10,15H,1-6,11H2,(H2,20,25). The van der Waals surface area contributed by atoms with Crippen LogP contribution in [0.5, 0.6) is 0 Å². The number of nitrogens with zero attached hydrogens (tertiary/aromatic N) is 5. The molecule has 0 radical (unpaired) electrons. The lowest BCUT2D eigenvalue weighted by Crippen LogP contribution is -2.24. The van der Waals surface area contributed by atoms with Gasteiger partial charge in [0.1, 0.15) is 11.9 Å². The maximum absolute atomic E-state index is 11.2. The third-order valence-electron chi connectivity index (χ3n) is 5.12. The van der Waals surface area contributed by atoms with Crippen LogP contribution in [0.2, 0.25) is 0 Å². The summed E-state index contributed by atoms with van der Waals surface area (Å²) in [6, 6.07) is 4.48. The van der Waals surface area contributed by atoms with Gasteiger partial charge in [-0.3, -0.25) is 9.48 Å². The second-order valence-electron chi connectivity index (χ2n) is 6.75. The van der Waals surface area contributed by atoms with Crippen molar-refractivity contribution in [2.45, 2.75) is 38.1 Å². The van der Waals surface area contributed by atoms with Crippen molar-refractivity contribution in [1.29, 1.82) is 5.26 Å². The maximum atomic E-state index is 11.2. The molecular weight excluding hydrogens is 316 g/mol. The van der Waals surface area contributed by atoms with Crippen LogP contribution in [0.25, 0.3) is 0 Å². The van der Waals surface area contributed by atoms with E-state index in [1.807, 2.05) is 6.07 Å². The average Bonchev–Trinajstić information content (AvgIpc) is 3.29. The van der Waals surface area contributed by atoms with E-state index in [1.54, 1.807) is 10.9 Å². The fourth-order valence-corrected chi connectivity index (χ4v) is 3.76. The Morgan fingerprint density at radius 1 is 1.36 bits per heavy atom. The molecule has 25 heavy (non-hydrogen) atoms. The number of nitrogens with two attached hydrogens (primary N) is 1. The second kappa shape index (κ2) is 6.20. The molecule has 1 fully saturated rings. The van der Waals surface area contributed by atoms with Crippen LogP contribution in [-0.4, -0.2) is 33.8 Å². The van der Waals surface area contributed by atoms with Crippen molar-refractivity contribution in [1.82, 2.24) is 14.8 Å². The summed E-state index contributed by atoms with van der Waals surface area (Å²) >= 11 is 0. The summed E-state index contributed by atoms with van der Waals surface area (Å²) < 4.78 is 1.80. The fourth-order valence-electron chi connectivity index (χ4n) is 3.76. The number of fused-ring (bicyclic) bond motifs is 1. The van der Waals surface area contributed by atoms with Crippen molar-refractivity contribution in [2.75, 3.05) is 18.0 Å². The van der Waals surface area contributed by atoms with Gasteiger partial charge in [-0.25, -0.2) is 4.98 Å². The van der Waals surface area contributed by atoms with Gasteiger partial charge >= 0.3 is 0 Å². The van der Waals surface area contributed by atoms with E-state index in [9.17, 15) is 10.1 Å². The number of carbonyl (C=O) groups is 1. The number of amides is 1. The molecule has 1 atom stereocenters. The van der Waals surface area contributed by atoms with Crippen molar-refractivity contribution < 1.29 is 4.79 Å². The Kier molecular flexibility index (Phi) is 3.88. The first-order chi connectivity index (χ1) is 12.2. The molecule has 2 N–H and O–H groups in total. The minimum atomic E-state index is -0.468. The molecule has 3 heterocycles. The molecule has 7 heteroatoms. The van der Waals surface area contributed by atoms with E-state index < -0.39 is 5.91 Å². The highest BCUT2D eigenvalue weighted by Gasteiger charge is 2.28. The zero-order valence-corrected chi connectivity index (χ0v) is 14.0. The van der Waals surface area contributed by atoms with Gasteiger partial charge in [0, 0.05) is 25.0 Å². The first-order valence-electron chi connectivity index (χ1n) is 8.67. The van der Waals surface area contributed by atoms with Crippen molar-refractivity contribution in [3.63, 3.8) is 0 Å². The van der Waals surface area contributed by atoms with Crippen LogP contribution >= 0.6 is 0 Å². The molecule has 0 spiro atoms. The molecule has 4 rings (SSSR count). The molecule has 1 aliphatic heterocycles. The van der Waals surface area contributed by atoms with E-state index in [0.717, 1.165) is 50.3 Å². The van der Waals surface area contributed by atoms with Gasteiger partial charge in [0.05, 0.1) is 23.4 Å². The number of aryl methyl sites for hydroxylation is 2. The predicted octanol–water partition coefficient (Wildman–Crippen LogP) is 1.58. The molecule has 1 aliphatic carbocycles. The summed E-state index contributed by atoms with van der Waals surface area (Å²) in [4.78, 5) is 18.2. The van der Waals surface area contributed by atoms with Gasteiger partial charge in [0.25, 0.3) is 5.91 Å². The highest BCUT2D eigenvalue weighted by molar-refractivity contribution is 5.92. The SMILES string of the molecule is N#Cc1cc2c(nc1N1CCC(n3cc(C(N)=O)cn3)C1)CCCC2. The Labute approximate surface area is 146 Å². The van der Waals surface area contributed by atoms with Crippen LogP contribution in [-0.2, 0) is 12.8 Å². The minimum Gasteiger partial charge on any atom is -0.366 e. The summed E-state index contributed by atoms with van der Waals surface area (Å²) in [5.41, 5.74) is 8.73. The lowest BCUT2D eigenvalue weighted by molar-refractivity contribution is 0.1000. The number of carbonyl (C=O) groups excluding carboxylic acids is 1. The number of hydrogen-bond acceptors (Lipinski definition) is 5. The van der Waals surface area contributed by atoms with Crippen LogP contribution < -0.4 is 10.6 Å². The van der Waals surface area contributed by atoms with E-state index in [-0.39, 0.29) is 6.04 Å². The van der Waals surface area contributed by atoms with Crippen LogP contribution in [0.15, 0.2) is 18.5 Å². The second-order valence-corrected chi connectivity index (χ2v) is 6.75. The smallest absolute Gasteiger partial charge is 0.251 e. The molecule has 0 saturated carbocycles. The van der Waals surface area contributed by atoms with Crippen molar-refractivity contribution in [3.05, 3.63) is 40.8 Å². The van der Waals surface area contributed by atoms with Crippen molar-refractivity contribution in [3.8, 4) is 6.07 Å². The first-order valence-corrected chi connectivity index (χ1v) is 8.67. The number of nitriles is 1. The Hall–Kier alpha value is -2.88. The number of primary amides is 1. The van der Waals surface area contributed by atoms with Crippen molar-refractivity contribution >= 4 is 11.7 Å². The summed E-state index contributed by atoms with van der Waals surface area (Å²) in [6.45, 7) is 1.54. The number of pyridine rings is 1. The molecule has 1 saturated heterocycles. The molecule has 2 aromatic rings. The Balaban J connectivity index is 1.59. The molecule has 2 aromatic heterocycles. The molecule has 128 valence electrons. The van der Waals surface area contributed by atoms with Crippen LogP contribution in [0.1, 0.15) is 52.5 Å². The highest BCUT2D eigenvalue weighted by Crippen LogP contribution is 2.31. The molecule has 7 nitrogen and oxygen atoms in total.